The molecule has 0 amide bonds. The van der Waals surface area contributed by atoms with Gasteiger partial charge in [-0.2, -0.15) is 0 Å². The van der Waals surface area contributed by atoms with Crippen LogP contribution in [0.15, 0.2) is 46.2 Å². The number of hydrazine groups is 1. The average Bonchev–Trinajstić information content (AvgIpc) is 2.38. The zero-order valence-corrected chi connectivity index (χ0v) is 11.3. The minimum Gasteiger partial charge on any atom is -0.308 e. The van der Waals surface area contributed by atoms with Crippen molar-refractivity contribution in [2.24, 2.45) is 5.84 Å². The Balaban J connectivity index is 2.10. The van der Waals surface area contributed by atoms with E-state index in [0.29, 0.717) is 5.82 Å². The minimum absolute atomic E-state index is 0.701. The molecule has 4 nitrogen and oxygen atoms in total. The van der Waals surface area contributed by atoms with Gasteiger partial charge in [-0.25, -0.2) is 15.8 Å². The number of rotatable bonds is 4. The van der Waals surface area contributed by atoms with E-state index >= 15 is 0 Å². The van der Waals surface area contributed by atoms with Gasteiger partial charge in [-0.15, -0.1) is 11.8 Å². The molecule has 2 aromatic heterocycles. The number of hydrogen-bond acceptors (Lipinski definition) is 5. The summed E-state index contributed by atoms with van der Waals surface area (Å²) in [5, 5.41) is 0.958. The summed E-state index contributed by atoms with van der Waals surface area (Å²) in [5.41, 5.74) is 3.64. The van der Waals surface area contributed by atoms with Crippen LogP contribution in [0.4, 0.5) is 5.82 Å². The number of nitrogens with one attached hydrogen (secondary N) is 1. The highest BCUT2D eigenvalue weighted by Crippen LogP contribution is 2.28. The molecule has 0 bridgehead atoms. The normalized spacial score (nSPS) is 10.2. The highest BCUT2D eigenvalue weighted by molar-refractivity contribution is 9.10. The zero-order valence-electron chi connectivity index (χ0n) is 8.93. The highest BCUT2D eigenvalue weighted by atomic mass is 79.9. The topological polar surface area (TPSA) is 63.8 Å². The number of anilines is 1. The SMILES string of the molecule is NNc1ncccc1CSc1ncccc1Br. The fraction of sp³-hybridized carbons (Fsp3) is 0.0909. The van der Waals surface area contributed by atoms with E-state index in [4.69, 9.17) is 5.84 Å². The van der Waals surface area contributed by atoms with E-state index in [9.17, 15) is 0 Å². The van der Waals surface area contributed by atoms with Crippen molar-refractivity contribution in [3.8, 4) is 0 Å². The van der Waals surface area contributed by atoms with Crippen LogP contribution >= 0.6 is 27.7 Å². The predicted molar refractivity (Wildman–Crippen MR) is 73.5 cm³/mol. The van der Waals surface area contributed by atoms with Crippen molar-refractivity contribution in [3.63, 3.8) is 0 Å². The van der Waals surface area contributed by atoms with E-state index in [1.165, 1.54) is 0 Å². The van der Waals surface area contributed by atoms with Gasteiger partial charge in [-0.05, 0) is 34.1 Å². The summed E-state index contributed by atoms with van der Waals surface area (Å²) in [6.07, 6.45) is 3.48. The van der Waals surface area contributed by atoms with E-state index in [-0.39, 0.29) is 0 Å². The lowest BCUT2D eigenvalue weighted by Gasteiger charge is -2.07. The summed E-state index contributed by atoms with van der Waals surface area (Å²) in [6, 6.07) is 7.75. The van der Waals surface area contributed by atoms with E-state index < -0.39 is 0 Å². The quantitative estimate of drug-likeness (QED) is 0.516. The molecule has 0 spiro atoms. The molecule has 0 radical (unpaired) electrons. The molecule has 2 aromatic rings. The number of aromatic nitrogens is 2. The molecule has 2 rings (SSSR count). The fourth-order valence-corrected chi connectivity index (χ4v) is 2.77. The Kier molecular flexibility index (Phi) is 4.36. The number of nitrogens with two attached hydrogens (primary N) is 1. The second-order valence-corrected chi connectivity index (χ2v) is 5.05. The molecular formula is C11H11BrN4S. The molecule has 0 unspecified atom stereocenters. The van der Waals surface area contributed by atoms with Crippen molar-refractivity contribution in [1.82, 2.24) is 9.97 Å². The van der Waals surface area contributed by atoms with Crippen LogP contribution in [0.5, 0.6) is 0 Å². The second-order valence-electron chi connectivity index (χ2n) is 3.23. The minimum atomic E-state index is 0.701. The Bertz CT molecular complexity index is 506. The zero-order chi connectivity index (χ0) is 12.1. The Morgan fingerprint density at radius 3 is 2.76 bits per heavy atom. The Morgan fingerprint density at radius 1 is 1.24 bits per heavy atom. The van der Waals surface area contributed by atoms with Crippen LogP contribution in [0, 0.1) is 0 Å². The van der Waals surface area contributed by atoms with Gasteiger partial charge in [0.25, 0.3) is 0 Å². The third-order valence-electron chi connectivity index (χ3n) is 2.12. The van der Waals surface area contributed by atoms with Gasteiger partial charge in [-0.3, -0.25) is 0 Å². The molecule has 6 heteroatoms. The number of pyridine rings is 2. The maximum atomic E-state index is 5.40. The van der Waals surface area contributed by atoms with Crippen LogP contribution in [-0.4, -0.2) is 9.97 Å². The second kappa shape index (κ2) is 6.00. The van der Waals surface area contributed by atoms with E-state index in [1.54, 1.807) is 24.2 Å². The molecule has 2 heterocycles. The summed E-state index contributed by atoms with van der Waals surface area (Å²) in [6.45, 7) is 0. The smallest absolute Gasteiger partial charge is 0.143 e. The predicted octanol–water partition coefficient (Wildman–Crippen LogP) is 2.82. The van der Waals surface area contributed by atoms with Crippen LogP contribution in [-0.2, 0) is 5.75 Å². The van der Waals surface area contributed by atoms with Crippen LogP contribution in [0.1, 0.15) is 5.56 Å². The number of halogens is 1. The lowest BCUT2D eigenvalue weighted by Crippen LogP contribution is -2.10. The van der Waals surface area contributed by atoms with Crippen molar-refractivity contribution in [3.05, 3.63) is 46.7 Å². The fourth-order valence-electron chi connectivity index (χ4n) is 1.31. The average molecular weight is 311 g/mol. The third kappa shape index (κ3) is 3.18. The Labute approximate surface area is 112 Å². The van der Waals surface area contributed by atoms with Gasteiger partial charge in [0.2, 0.25) is 0 Å². The Morgan fingerprint density at radius 2 is 2.00 bits per heavy atom. The summed E-state index contributed by atoms with van der Waals surface area (Å²) in [7, 11) is 0. The largest absolute Gasteiger partial charge is 0.308 e. The maximum absolute atomic E-state index is 5.40. The van der Waals surface area contributed by atoms with Gasteiger partial charge in [0, 0.05) is 28.2 Å². The summed E-state index contributed by atoms with van der Waals surface area (Å²) >= 11 is 5.10. The molecular weight excluding hydrogens is 300 g/mol. The summed E-state index contributed by atoms with van der Waals surface area (Å²) in [4.78, 5) is 8.44. The first-order valence-corrected chi connectivity index (χ1v) is 6.73. The monoisotopic (exact) mass is 310 g/mol. The molecule has 0 fully saturated rings. The molecule has 0 saturated heterocycles. The van der Waals surface area contributed by atoms with Gasteiger partial charge in [-0.1, -0.05) is 6.07 Å². The van der Waals surface area contributed by atoms with E-state index in [2.05, 4.69) is 31.3 Å². The van der Waals surface area contributed by atoms with Gasteiger partial charge in [0.1, 0.15) is 10.8 Å². The van der Waals surface area contributed by atoms with E-state index in [0.717, 1.165) is 20.8 Å². The molecule has 0 aliphatic rings. The lowest BCUT2D eigenvalue weighted by atomic mass is 10.3. The lowest BCUT2D eigenvalue weighted by molar-refractivity contribution is 1.10. The van der Waals surface area contributed by atoms with Crippen molar-refractivity contribution in [2.75, 3.05) is 5.43 Å². The van der Waals surface area contributed by atoms with Crippen molar-refractivity contribution >= 4 is 33.5 Å². The third-order valence-corrected chi connectivity index (χ3v) is 4.07. The standard InChI is InChI=1S/C11H11BrN4S/c12-9-4-2-6-15-11(9)17-7-8-3-1-5-14-10(8)16-13/h1-6H,7,13H2,(H,14,16). The van der Waals surface area contributed by atoms with Gasteiger partial charge < -0.3 is 5.43 Å². The molecule has 88 valence electrons. The summed E-state index contributed by atoms with van der Waals surface area (Å²) < 4.78 is 0.996. The van der Waals surface area contributed by atoms with Gasteiger partial charge in [0.15, 0.2) is 0 Å². The first-order valence-electron chi connectivity index (χ1n) is 4.95. The first-order chi connectivity index (χ1) is 8.31. The summed E-state index contributed by atoms with van der Waals surface area (Å²) in [5.74, 6) is 6.87. The van der Waals surface area contributed by atoms with E-state index in [1.807, 2.05) is 24.3 Å². The van der Waals surface area contributed by atoms with Crippen molar-refractivity contribution in [1.29, 1.82) is 0 Å². The van der Waals surface area contributed by atoms with Crippen molar-refractivity contribution < 1.29 is 0 Å². The molecule has 0 aromatic carbocycles. The van der Waals surface area contributed by atoms with Crippen LogP contribution in [0.3, 0.4) is 0 Å². The number of nitrogens with zero attached hydrogens (tertiary/aromatic N) is 2. The van der Waals surface area contributed by atoms with Crippen LogP contribution < -0.4 is 11.3 Å². The van der Waals surface area contributed by atoms with Crippen LogP contribution in [0.25, 0.3) is 0 Å². The molecule has 0 atom stereocenters. The molecule has 0 aliphatic carbocycles. The van der Waals surface area contributed by atoms with Gasteiger partial charge >= 0.3 is 0 Å². The molecule has 3 N–H and O–H groups in total. The first kappa shape index (κ1) is 12.3. The Hall–Kier alpha value is -1.11. The molecule has 17 heavy (non-hydrogen) atoms. The molecule has 0 saturated carbocycles. The maximum Gasteiger partial charge on any atom is 0.143 e. The van der Waals surface area contributed by atoms with Crippen molar-refractivity contribution in [2.45, 2.75) is 10.8 Å². The number of nitrogen functional groups attached to an aromatic ring is 1. The molecule has 0 aliphatic heterocycles. The van der Waals surface area contributed by atoms with Crippen LogP contribution in [0.2, 0.25) is 0 Å². The number of thioether (sulfide) groups is 1. The number of hydrogen-bond donors (Lipinski definition) is 2. The highest BCUT2D eigenvalue weighted by Gasteiger charge is 2.05. The van der Waals surface area contributed by atoms with Gasteiger partial charge in [0.05, 0.1) is 0 Å².